The standard InChI is InChI=1S/C14H19BrO/c1-3-13(15)10(2)8-11-9-16-14-7-5-4-6-12(11)14/h4-7,10-11,13H,3,8-9H2,1-2H3. The zero-order valence-corrected chi connectivity index (χ0v) is 11.5. The Balaban J connectivity index is 2.03. The zero-order valence-electron chi connectivity index (χ0n) is 9.95. The monoisotopic (exact) mass is 282 g/mol. The Morgan fingerprint density at radius 2 is 2.19 bits per heavy atom. The Morgan fingerprint density at radius 3 is 2.94 bits per heavy atom. The third-order valence-corrected chi connectivity index (χ3v) is 5.01. The molecule has 88 valence electrons. The van der Waals surface area contributed by atoms with E-state index in [1.54, 1.807) is 0 Å². The molecule has 0 amide bonds. The van der Waals surface area contributed by atoms with E-state index in [4.69, 9.17) is 4.74 Å². The van der Waals surface area contributed by atoms with E-state index in [1.165, 1.54) is 18.4 Å². The van der Waals surface area contributed by atoms with Crippen LogP contribution in [0.3, 0.4) is 0 Å². The second-order valence-electron chi connectivity index (χ2n) is 4.68. The lowest BCUT2D eigenvalue weighted by Gasteiger charge is -2.19. The van der Waals surface area contributed by atoms with Gasteiger partial charge in [-0.15, -0.1) is 0 Å². The summed E-state index contributed by atoms with van der Waals surface area (Å²) < 4.78 is 5.71. The van der Waals surface area contributed by atoms with Gasteiger partial charge in [-0.3, -0.25) is 0 Å². The minimum absolute atomic E-state index is 0.581. The summed E-state index contributed by atoms with van der Waals surface area (Å²) in [4.78, 5) is 0.625. The Morgan fingerprint density at radius 1 is 1.44 bits per heavy atom. The SMILES string of the molecule is CCC(Br)C(C)CC1COc2ccccc21. The van der Waals surface area contributed by atoms with Crippen LogP contribution in [0, 0.1) is 5.92 Å². The van der Waals surface area contributed by atoms with Crippen LogP contribution in [0.25, 0.3) is 0 Å². The van der Waals surface area contributed by atoms with Crippen molar-refractivity contribution in [2.24, 2.45) is 5.92 Å². The van der Waals surface area contributed by atoms with Crippen molar-refractivity contribution in [1.82, 2.24) is 0 Å². The molecule has 1 heterocycles. The van der Waals surface area contributed by atoms with Crippen LogP contribution in [0.1, 0.15) is 38.2 Å². The van der Waals surface area contributed by atoms with E-state index in [9.17, 15) is 0 Å². The quantitative estimate of drug-likeness (QED) is 0.746. The first-order chi connectivity index (χ1) is 7.72. The normalized spacial score (nSPS) is 22.3. The molecule has 16 heavy (non-hydrogen) atoms. The van der Waals surface area contributed by atoms with Crippen molar-refractivity contribution in [1.29, 1.82) is 0 Å². The van der Waals surface area contributed by atoms with Crippen LogP contribution in [0.5, 0.6) is 5.75 Å². The van der Waals surface area contributed by atoms with E-state index in [1.807, 2.05) is 6.07 Å². The van der Waals surface area contributed by atoms with Gasteiger partial charge in [0, 0.05) is 16.3 Å². The van der Waals surface area contributed by atoms with Gasteiger partial charge in [0.1, 0.15) is 5.75 Å². The lowest BCUT2D eigenvalue weighted by Crippen LogP contribution is -2.14. The fraction of sp³-hybridized carbons (Fsp3) is 0.571. The number of fused-ring (bicyclic) bond motifs is 1. The van der Waals surface area contributed by atoms with E-state index in [0.29, 0.717) is 16.7 Å². The van der Waals surface area contributed by atoms with Gasteiger partial charge in [0.25, 0.3) is 0 Å². The topological polar surface area (TPSA) is 9.23 Å². The highest BCUT2D eigenvalue weighted by Crippen LogP contribution is 2.38. The van der Waals surface area contributed by atoms with Gasteiger partial charge >= 0.3 is 0 Å². The summed E-state index contributed by atoms with van der Waals surface area (Å²) in [6, 6.07) is 8.43. The van der Waals surface area contributed by atoms with Crippen LogP contribution in [0.4, 0.5) is 0 Å². The van der Waals surface area contributed by atoms with Crippen LogP contribution in [0.2, 0.25) is 0 Å². The van der Waals surface area contributed by atoms with E-state index >= 15 is 0 Å². The summed E-state index contributed by atoms with van der Waals surface area (Å²) >= 11 is 3.75. The molecule has 1 nitrogen and oxygen atoms in total. The average molecular weight is 283 g/mol. The highest BCUT2D eigenvalue weighted by atomic mass is 79.9. The number of halogens is 1. The minimum atomic E-state index is 0.581. The molecule has 3 unspecified atom stereocenters. The summed E-state index contributed by atoms with van der Waals surface area (Å²) in [5, 5.41) is 0. The van der Waals surface area contributed by atoms with Crippen LogP contribution in [0.15, 0.2) is 24.3 Å². The average Bonchev–Trinajstić information content (AvgIpc) is 2.72. The number of hydrogen-bond donors (Lipinski definition) is 0. The fourth-order valence-corrected chi connectivity index (χ4v) is 2.64. The van der Waals surface area contributed by atoms with E-state index < -0.39 is 0 Å². The van der Waals surface area contributed by atoms with Crippen LogP contribution in [-0.4, -0.2) is 11.4 Å². The molecule has 1 aromatic rings. The highest BCUT2D eigenvalue weighted by Gasteiger charge is 2.26. The van der Waals surface area contributed by atoms with Gasteiger partial charge in [-0.2, -0.15) is 0 Å². The molecule has 1 aliphatic rings. The second-order valence-corrected chi connectivity index (χ2v) is 5.86. The molecular formula is C14H19BrO. The summed E-state index contributed by atoms with van der Waals surface area (Å²) in [7, 11) is 0. The maximum atomic E-state index is 5.71. The molecule has 1 aromatic carbocycles. The summed E-state index contributed by atoms with van der Waals surface area (Å²) in [5.41, 5.74) is 1.39. The Kier molecular flexibility index (Phi) is 3.91. The molecule has 0 radical (unpaired) electrons. The molecule has 2 heteroatoms. The van der Waals surface area contributed by atoms with Crippen LogP contribution in [-0.2, 0) is 0 Å². The fourth-order valence-electron chi connectivity index (χ4n) is 2.42. The third kappa shape index (κ3) is 2.42. The van der Waals surface area contributed by atoms with E-state index in [2.05, 4.69) is 48.0 Å². The van der Waals surface area contributed by atoms with Gasteiger partial charge in [0.05, 0.1) is 6.61 Å². The van der Waals surface area contributed by atoms with Gasteiger partial charge < -0.3 is 4.74 Å². The number of hydrogen-bond acceptors (Lipinski definition) is 1. The molecule has 1 aliphatic heterocycles. The molecule has 0 fully saturated rings. The van der Waals surface area contributed by atoms with Crippen molar-refractivity contribution in [2.75, 3.05) is 6.61 Å². The number of ether oxygens (including phenoxy) is 1. The predicted molar refractivity (Wildman–Crippen MR) is 71.5 cm³/mol. The number of benzene rings is 1. The van der Waals surface area contributed by atoms with Gasteiger partial charge in [-0.05, 0) is 24.8 Å². The van der Waals surface area contributed by atoms with Crippen LogP contribution < -0.4 is 4.74 Å². The molecule has 0 saturated carbocycles. The van der Waals surface area contributed by atoms with Gasteiger partial charge in [-0.25, -0.2) is 0 Å². The largest absolute Gasteiger partial charge is 0.493 e. The first kappa shape index (κ1) is 12.0. The Hall–Kier alpha value is -0.500. The van der Waals surface area contributed by atoms with E-state index in [0.717, 1.165) is 12.4 Å². The number of rotatable bonds is 4. The number of para-hydroxylation sites is 1. The van der Waals surface area contributed by atoms with Gasteiger partial charge in [0.15, 0.2) is 0 Å². The van der Waals surface area contributed by atoms with Crippen molar-refractivity contribution in [3.05, 3.63) is 29.8 Å². The number of alkyl halides is 1. The molecule has 3 atom stereocenters. The minimum Gasteiger partial charge on any atom is -0.493 e. The molecule has 0 bridgehead atoms. The third-order valence-electron chi connectivity index (χ3n) is 3.46. The van der Waals surface area contributed by atoms with Gasteiger partial charge in [-0.1, -0.05) is 48.0 Å². The molecular weight excluding hydrogens is 264 g/mol. The molecule has 0 aromatic heterocycles. The molecule has 0 saturated heterocycles. The van der Waals surface area contributed by atoms with Crippen molar-refractivity contribution >= 4 is 15.9 Å². The van der Waals surface area contributed by atoms with Gasteiger partial charge in [0.2, 0.25) is 0 Å². The maximum absolute atomic E-state index is 5.71. The Bertz CT molecular complexity index is 350. The second kappa shape index (κ2) is 5.22. The van der Waals surface area contributed by atoms with Crippen molar-refractivity contribution in [3.8, 4) is 5.75 Å². The predicted octanol–water partition coefficient (Wildman–Crippen LogP) is 4.36. The molecule has 0 aliphatic carbocycles. The van der Waals surface area contributed by atoms with Crippen molar-refractivity contribution in [2.45, 2.75) is 37.4 Å². The first-order valence-corrected chi connectivity index (χ1v) is 6.99. The Labute approximate surface area is 106 Å². The summed E-state index contributed by atoms with van der Waals surface area (Å²) in [6.07, 6.45) is 2.40. The zero-order chi connectivity index (χ0) is 11.5. The molecule has 0 spiro atoms. The summed E-state index contributed by atoms with van der Waals surface area (Å²) in [5.74, 6) is 2.37. The van der Waals surface area contributed by atoms with Crippen molar-refractivity contribution in [3.63, 3.8) is 0 Å². The smallest absolute Gasteiger partial charge is 0.122 e. The molecule has 0 N–H and O–H groups in total. The van der Waals surface area contributed by atoms with E-state index in [-0.39, 0.29) is 0 Å². The van der Waals surface area contributed by atoms with Crippen molar-refractivity contribution < 1.29 is 4.74 Å². The lowest BCUT2D eigenvalue weighted by molar-refractivity contribution is 0.308. The van der Waals surface area contributed by atoms with Crippen LogP contribution >= 0.6 is 15.9 Å². The highest BCUT2D eigenvalue weighted by molar-refractivity contribution is 9.09. The summed E-state index contributed by atoms with van der Waals surface area (Å²) in [6.45, 7) is 5.41. The first-order valence-electron chi connectivity index (χ1n) is 6.08. The lowest BCUT2D eigenvalue weighted by atomic mass is 9.89. The molecule has 2 rings (SSSR count). The maximum Gasteiger partial charge on any atom is 0.122 e.